The molecule has 0 spiro atoms. The highest BCUT2D eigenvalue weighted by Crippen LogP contribution is 2.14. The van der Waals surface area contributed by atoms with Crippen LogP contribution in [0.2, 0.25) is 0 Å². The molecule has 4 heteroatoms. The fraction of sp³-hybridized carbons (Fsp3) is 0.222. The predicted octanol–water partition coefficient (Wildman–Crippen LogP) is 1.28. The third-order valence-electron chi connectivity index (χ3n) is 1.48. The van der Waals surface area contributed by atoms with Gasteiger partial charge in [0.05, 0.1) is 2.74 Å². The van der Waals surface area contributed by atoms with Crippen LogP contribution in [0.15, 0.2) is 24.2 Å². The van der Waals surface area contributed by atoms with E-state index in [4.69, 9.17) is 13.0 Å². The monoisotopic (exact) mass is 183 g/mol. The first-order valence-electron chi connectivity index (χ1n) is 4.71. The zero-order chi connectivity index (χ0) is 11.6. The van der Waals surface area contributed by atoms with Crippen molar-refractivity contribution < 1.29 is 17.7 Å². The Labute approximate surface area is 78.6 Å². The Balaban J connectivity index is 2.92. The molecule has 70 valence electrons. The maximum Gasteiger partial charge on any atom is 0.325 e. The maximum atomic E-state index is 10.5. The molecule has 0 radical (unpaired) electrons. The summed E-state index contributed by atoms with van der Waals surface area (Å²) in [5.41, 5.74) is 0.331. The Morgan fingerprint density at radius 2 is 2.15 bits per heavy atom. The second kappa shape index (κ2) is 3.80. The molecule has 0 saturated carbocycles. The zero-order valence-electron chi connectivity index (χ0n) is 9.03. The average Bonchev–Trinajstić information content (AvgIpc) is 2.13. The van der Waals surface area contributed by atoms with Crippen molar-refractivity contribution >= 4 is 11.7 Å². The minimum absolute atomic E-state index is 0.206. The molecule has 0 aliphatic rings. The first kappa shape index (κ1) is 6.77. The van der Waals surface area contributed by atoms with Gasteiger partial charge in [0.2, 0.25) is 0 Å². The number of rotatable bonds is 3. The van der Waals surface area contributed by atoms with Crippen molar-refractivity contribution in [1.82, 2.24) is 0 Å². The second-order valence-corrected chi connectivity index (χ2v) is 2.59. The number of anilines is 1. The van der Waals surface area contributed by atoms with E-state index in [9.17, 15) is 4.79 Å². The van der Waals surface area contributed by atoms with E-state index in [1.807, 2.05) is 0 Å². The van der Waals surface area contributed by atoms with Crippen molar-refractivity contribution in [3.05, 3.63) is 24.2 Å². The van der Waals surface area contributed by atoms with Crippen molar-refractivity contribution in [2.45, 2.75) is 13.0 Å². The molecule has 3 N–H and O–H groups in total. The lowest BCUT2D eigenvalue weighted by Crippen LogP contribution is -2.25. The molecule has 0 saturated heterocycles. The fourth-order valence-electron chi connectivity index (χ4n) is 0.771. The summed E-state index contributed by atoms with van der Waals surface area (Å²) in [7, 11) is 0. The summed E-state index contributed by atoms with van der Waals surface area (Å²) in [6, 6.07) is 1.32. The average molecular weight is 183 g/mol. The van der Waals surface area contributed by atoms with Gasteiger partial charge in [-0.2, -0.15) is 0 Å². The number of aliphatic carboxylic acids is 1. The Morgan fingerprint density at radius 1 is 1.62 bits per heavy atom. The van der Waals surface area contributed by atoms with E-state index >= 15 is 0 Å². The van der Waals surface area contributed by atoms with Crippen molar-refractivity contribution in [2.75, 3.05) is 5.32 Å². The highest BCUT2D eigenvalue weighted by Gasteiger charge is 2.09. The smallest absolute Gasteiger partial charge is 0.325 e. The molecule has 0 bridgehead atoms. The number of aromatic hydroxyl groups is 1. The number of nitrogens with one attached hydrogen (secondary N) is 1. The van der Waals surface area contributed by atoms with E-state index in [1.54, 1.807) is 0 Å². The maximum absolute atomic E-state index is 10.5. The normalized spacial score (nSPS) is 14.2. The zero-order valence-corrected chi connectivity index (χ0v) is 7.03. The van der Waals surface area contributed by atoms with E-state index in [0.29, 0.717) is 5.69 Å². The number of carboxylic acids is 1. The molecular formula is C9H11NO3. The Morgan fingerprint density at radius 3 is 2.62 bits per heavy atom. The molecule has 0 unspecified atom stereocenters. The number of carbonyl (C=O) groups is 1. The minimum atomic E-state index is -1.03. The summed E-state index contributed by atoms with van der Waals surface area (Å²) in [5, 5.41) is 20.4. The topological polar surface area (TPSA) is 69.6 Å². The number of carboxylic acid groups (broad SMARTS) is 1. The van der Waals surface area contributed by atoms with Gasteiger partial charge in [-0.15, -0.1) is 0 Å². The molecule has 0 heterocycles. The van der Waals surface area contributed by atoms with Crippen LogP contribution in [0.5, 0.6) is 5.75 Å². The molecule has 0 aliphatic carbocycles. The Hall–Kier alpha value is -1.71. The summed E-state index contributed by atoms with van der Waals surface area (Å²) in [6.45, 7) is 1.45. The van der Waals surface area contributed by atoms with Gasteiger partial charge in [-0.05, 0) is 31.1 Å². The van der Waals surface area contributed by atoms with Gasteiger partial charge in [0.1, 0.15) is 11.8 Å². The predicted molar refractivity (Wildman–Crippen MR) is 48.8 cm³/mol. The highest BCUT2D eigenvalue weighted by molar-refractivity contribution is 5.76. The van der Waals surface area contributed by atoms with Crippen molar-refractivity contribution in [2.24, 2.45) is 0 Å². The standard InChI is InChI=1S/C9H11NO3/c1-6(9(12)13)10-7-2-4-8(11)5-3-7/h2-6,10-11H,1H3,(H,12,13)/t6-/m0/s1/i4D,5D. The molecule has 0 aliphatic heterocycles. The lowest BCUT2D eigenvalue weighted by Gasteiger charge is -2.09. The molecule has 0 aromatic heterocycles. The van der Waals surface area contributed by atoms with E-state index < -0.39 is 17.8 Å². The molecular weight excluding hydrogens is 170 g/mol. The Kier molecular flexibility index (Phi) is 1.98. The second-order valence-electron chi connectivity index (χ2n) is 2.59. The lowest BCUT2D eigenvalue weighted by molar-refractivity contribution is -0.137. The van der Waals surface area contributed by atoms with Crippen LogP contribution in [0, 0.1) is 0 Å². The van der Waals surface area contributed by atoms with Gasteiger partial charge in [-0.25, -0.2) is 0 Å². The molecule has 13 heavy (non-hydrogen) atoms. The van der Waals surface area contributed by atoms with Gasteiger partial charge < -0.3 is 15.5 Å². The number of hydrogen-bond donors (Lipinski definition) is 3. The highest BCUT2D eigenvalue weighted by atomic mass is 16.4. The molecule has 1 aromatic carbocycles. The van der Waals surface area contributed by atoms with Crippen LogP contribution in [-0.4, -0.2) is 22.2 Å². The summed E-state index contributed by atoms with van der Waals surface area (Å²) >= 11 is 0. The van der Waals surface area contributed by atoms with Crippen molar-refractivity contribution in [1.29, 1.82) is 0 Å². The minimum Gasteiger partial charge on any atom is -0.508 e. The number of phenols is 1. The lowest BCUT2D eigenvalue weighted by atomic mass is 10.2. The van der Waals surface area contributed by atoms with Gasteiger partial charge in [0, 0.05) is 5.69 Å². The van der Waals surface area contributed by atoms with Gasteiger partial charge in [0.25, 0.3) is 0 Å². The summed E-state index contributed by atoms with van der Waals surface area (Å²) in [4.78, 5) is 10.5. The van der Waals surface area contributed by atoms with E-state index in [-0.39, 0.29) is 12.1 Å². The van der Waals surface area contributed by atoms with Crippen LogP contribution < -0.4 is 5.32 Å². The van der Waals surface area contributed by atoms with Crippen molar-refractivity contribution in [3.63, 3.8) is 0 Å². The number of phenolic OH excluding ortho intramolecular Hbond substituents is 1. The third kappa shape index (κ3) is 2.66. The number of hydrogen-bond acceptors (Lipinski definition) is 3. The van der Waals surface area contributed by atoms with Crippen LogP contribution in [0.1, 0.15) is 9.67 Å². The molecule has 4 nitrogen and oxygen atoms in total. The van der Waals surface area contributed by atoms with Crippen LogP contribution in [0.3, 0.4) is 0 Å². The fourth-order valence-corrected chi connectivity index (χ4v) is 0.771. The van der Waals surface area contributed by atoms with Crippen molar-refractivity contribution in [3.8, 4) is 5.75 Å². The van der Waals surface area contributed by atoms with E-state index in [1.165, 1.54) is 19.1 Å². The van der Waals surface area contributed by atoms with Gasteiger partial charge >= 0.3 is 5.97 Å². The van der Waals surface area contributed by atoms with Gasteiger partial charge in [-0.3, -0.25) is 4.79 Å². The van der Waals surface area contributed by atoms with Crippen LogP contribution in [0.4, 0.5) is 5.69 Å². The number of benzene rings is 1. The first-order valence-corrected chi connectivity index (χ1v) is 3.71. The molecule has 1 atom stereocenters. The van der Waals surface area contributed by atoms with Gasteiger partial charge in [-0.1, -0.05) is 0 Å². The summed E-state index contributed by atoms with van der Waals surface area (Å²) in [6.07, 6.45) is 0. The quantitative estimate of drug-likeness (QED) is 0.617. The largest absolute Gasteiger partial charge is 0.508 e. The molecule has 0 fully saturated rings. The Bertz CT molecular complexity index is 372. The van der Waals surface area contributed by atoms with E-state index in [0.717, 1.165) is 0 Å². The SMILES string of the molecule is [2H]c1cc(N[C@@H](C)C(=O)O)cc([2H])c1O. The van der Waals surface area contributed by atoms with Crippen LogP contribution in [-0.2, 0) is 4.79 Å². The first-order chi connectivity index (χ1) is 6.91. The van der Waals surface area contributed by atoms with E-state index in [2.05, 4.69) is 5.32 Å². The molecule has 1 aromatic rings. The van der Waals surface area contributed by atoms with Crippen LogP contribution in [0.25, 0.3) is 0 Å². The summed E-state index contributed by atoms with van der Waals surface area (Å²) < 4.78 is 14.6. The molecule has 1 rings (SSSR count). The summed E-state index contributed by atoms with van der Waals surface area (Å²) in [5.74, 6) is -1.44. The van der Waals surface area contributed by atoms with Gasteiger partial charge in [0.15, 0.2) is 0 Å². The van der Waals surface area contributed by atoms with Crippen LogP contribution >= 0.6 is 0 Å². The molecule has 0 amide bonds. The third-order valence-corrected chi connectivity index (χ3v) is 1.48.